The van der Waals surface area contributed by atoms with E-state index in [4.69, 9.17) is 9.63 Å². The van der Waals surface area contributed by atoms with Crippen molar-refractivity contribution in [3.05, 3.63) is 5.82 Å². The predicted octanol–water partition coefficient (Wildman–Crippen LogP) is 0.714. The van der Waals surface area contributed by atoms with Gasteiger partial charge < -0.3 is 14.5 Å². The van der Waals surface area contributed by atoms with E-state index in [-0.39, 0.29) is 11.8 Å². The molecule has 2 rings (SSSR count). The van der Waals surface area contributed by atoms with Crippen molar-refractivity contribution in [3.63, 3.8) is 0 Å². The summed E-state index contributed by atoms with van der Waals surface area (Å²) in [7, 11) is 0. The number of carboxylic acid groups (broad SMARTS) is 1. The second-order valence-electron chi connectivity index (χ2n) is 4.03. The van der Waals surface area contributed by atoms with E-state index in [2.05, 4.69) is 10.1 Å². The maximum absolute atomic E-state index is 10.6. The van der Waals surface area contributed by atoms with Crippen LogP contribution in [-0.2, 0) is 4.79 Å². The van der Waals surface area contributed by atoms with Gasteiger partial charge in [0.05, 0.1) is 5.92 Å². The SMILES string of the molecule is CC(C)c1noc(N2CC(C(=O)O)C2)n1. The number of aromatic nitrogens is 2. The molecular formula is C9H13N3O3. The zero-order valence-electron chi connectivity index (χ0n) is 8.67. The minimum atomic E-state index is -0.769. The quantitative estimate of drug-likeness (QED) is 0.793. The number of hydrogen-bond donors (Lipinski definition) is 1. The third-order valence-electron chi connectivity index (χ3n) is 2.45. The Balaban J connectivity index is 1.98. The Bertz CT molecular complexity index is 368. The first-order chi connectivity index (χ1) is 7.08. The maximum atomic E-state index is 10.6. The van der Waals surface area contributed by atoms with E-state index in [0.717, 1.165) is 0 Å². The smallest absolute Gasteiger partial charge is 0.324 e. The van der Waals surface area contributed by atoms with Crippen LogP contribution in [0.5, 0.6) is 0 Å². The molecule has 0 saturated carbocycles. The molecule has 0 spiro atoms. The number of aliphatic carboxylic acids is 1. The summed E-state index contributed by atoms with van der Waals surface area (Å²) < 4.78 is 5.03. The van der Waals surface area contributed by atoms with Crippen molar-refractivity contribution < 1.29 is 14.4 Å². The molecule has 1 saturated heterocycles. The highest BCUT2D eigenvalue weighted by Gasteiger charge is 2.35. The molecule has 2 heterocycles. The number of carbonyl (C=O) groups is 1. The highest BCUT2D eigenvalue weighted by molar-refractivity contribution is 5.73. The van der Waals surface area contributed by atoms with E-state index >= 15 is 0 Å². The van der Waals surface area contributed by atoms with Gasteiger partial charge in [0.25, 0.3) is 0 Å². The fraction of sp³-hybridized carbons (Fsp3) is 0.667. The number of nitrogens with zero attached hydrogens (tertiary/aromatic N) is 3. The van der Waals surface area contributed by atoms with Crippen LogP contribution in [0.15, 0.2) is 4.52 Å². The van der Waals surface area contributed by atoms with Gasteiger partial charge in [0, 0.05) is 19.0 Å². The number of anilines is 1. The molecule has 82 valence electrons. The minimum Gasteiger partial charge on any atom is -0.481 e. The lowest BCUT2D eigenvalue weighted by molar-refractivity contribution is -0.142. The summed E-state index contributed by atoms with van der Waals surface area (Å²) in [5.41, 5.74) is 0. The Labute approximate surface area is 86.9 Å². The largest absolute Gasteiger partial charge is 0.481 e. The summed E-state index contributed by atoms with van der Waals surface area (Å²) in [6.07, 6.45) is 0. The van der Waals surface area contributed by atoms with Crippen molar-refractivity contribution in [2.75, 3.05) is 18.0 Å². The number of carboxylic acids is 1. The second-order valence-corrected chi connectivity index (χ2v) is 4.03. The van der Waals surface area contributed by atoms with E-state index in [1.807, 2.05) is 13.8 Å². The molecule has 0 aliphatic carbocycles. The normalized spacial score (nSPS) is 16.9. The van der Waals surface area contributed by atoms with Gasteiger partial charge in [-0.25, -0.2) is 0 Å². The lowest BCUT2D eigenvalue weighted by Gasteiger charge is -2.34. The van der Waals surface area contributed by atoms with Crippen LogP contribution in [0.1, 0.15) is 25.6 Å². The van der Waals surface area contributed by atoms with Gasteiger partial charge in [-0.3, -0.25) is 4.79 Å². The predicted molar refractivity (Wildman–Crippen MR) is 51.7 cm³/mol. The molecule has 0 atom stereocenters. The van der Waals surface area contributed by atoms with Gasteiger partial charge >= 0.3 is 12.0 Å². The van der Waals surface area contributed by atoms with Crippen LogP contribution in [0, 0.1) is 5.92 Å². The van der Waals surface area contributed by atoms with E-state index in [0.29, 0.717) is 24.9 Å². The summed E-state index contributed by atoms with van der Waals surface area (Å²) in [5.74, 6) is -0.197. The van der Waals surface area contributed by atoms with Gasteiger partial charge in [0.15, 0.2) is 5.82 Å². The van der Waals surface area contributed by atoms with Crippen LogP contribution < -0.4 is 4.90 Å². The third kappa shape index (κ3) is 1.79. The monoisotopic (exact) mass is 211 g/mol. The highest BCUT2D eigenvalue weighted by atomic mass is 16.5. The molecule has 0 unspecified atom stereocenters. The molecule has 1 N–H and O–H groups in total. The van der Waals surface area contributed by atoms with Gasteiger partial charge in [0.1, 0.15) is 0 Å². The number of hydrogen-bond acceptors (Lipinski definition) is 5. The van der Waals surface area contributed by atoms with Gasteiger partial charge in [-0.2, -0.15) is 4.98 Å². The van der Waals surface area contributed by atoms with Crippen molar-refractivity contribution in [2.45, 2.75) is 19.8 Å². The zero-order valence-corrected chi connectivity index (χ0v) is 8.67. The van der Waals surface area contributed by atoms with Gasteiger partial charge in [-0.15, -0.1) is 0 Å². The fourth-order valence-electron chi connectivity index (χ4n) is 1.38. The molecule has 1 aromatic heterocycles. The van der Waals surface area contributed by atoms with Crippen LogP contribution in [0.3, 0.4) is 0 Å². The van der Waals surface area contributed by atoms with Crippen molar-refractivity contribution >= 4 is 12.0 Å². The molecule has 15 heavy (non-hydrogen) atoms. The first kappa shape index (κ1) is 9.95. The van der Waals surface area contributed by atoms with Gasteiger partial charge in [-0.05, 0) is 0 Å². The Morgan fingerprint density at radius 2 is 2.27 bits per heavy atom. The fourth-order valence-corrected chi connectivity index (χ4v) is 1.38. The summed E-state index contributed by atoms with van der Waals surface area (Å²) in [6, 6.07) is 0.427. The van der Waals surface area contributed by atoms with E-state index in [1.165, 1.54) is 0 Å². The molecule has 1 aromatic rings. The molecule has 0 aromatic carbocycles. The molecule has 1 aliphatic heterocycles. The molecule has 1 aliphatic rings. The van der Waals surface area contributed by atoms with Crippen LogP contribution in [0.2, 0.25) is 0 Å². The average molecular weight is 211 g/mol. The average Bonchev–Trinajstić information content (AvgIpc) is 2.49. The van der Waals surface area contributed by atoms with E-state index in [9.17, 15) is 4.79 Å². The Morgan fingerprint density at radius 3 is 2.73 bits per heavy atom. The molecule has 6 heteroatoms. The van der Waals surface area contributed by atoms with Gasteiger partial charge in [-0.1, -0.05) is 19.0 Å². The molecule has 0 radical (unpaired) electrons. The minimum absolute atomic E-state index is 0.221. The highest BCUT2D eigenvalue weighted by Crippen LogP contribution is 2.24. The molecule has 0 amide bonds. The lowest BCUT2D eigenvalue weighted by atomic mass is 10.0. The molecule has 1 fully saturated rings. The van der Waals surface area contributed by atoms with E-state index < -0.39 is 5.97 Å². The summed E-state index contributed by atoms with van der Waals surface area (Å²) in [6.45, 7) is 4.86. The lowest BCUT2D eigenvalue weighted by Crippen LogP contribution is -2.50. The Morgan fingerprint density at radius 1 is 1.60 bits per heavy atom. The topological polar surface area (TPSA) is 79.5 Å². The van der Waals surface area contributed by atoms with Crippen LogP contribution in [-0.4, -0.2) is 34.3 Å². The number of rotatable bonds is 3. The third-order valence-corrected chi connectivity index (χ3v) is 2.45. The van der Waals surface area contributed by atoms with Crippen molar-refractivity contribution in [2.24, 2.45) is 5.92 Å². The first-order valence-electron chi connectivity index (χ1n) is 4.89. The van der Waals surface area contributed by atoms with E-state index in [1.54, 1.807) is 4.90 Å². The molecular weight excluding hydrogens is 198 g/mol. The van der Waals surface area contributed by atoms with Crippen molar-refractivity contribution in [3.8, 4) is 0 Å². The molecule has 6 nitrogen and oxygen atoms in total. The van der Waals surface area contributed by atoms with Crippen molar-refractivity contribution in [1.29, 1.82) is 0 Å². The Hall–Kier alpha value is -1.59. The second kappa shape index (κ2) is 3.52. The Kier molecular flexibility index (Phi) is 2.34. The standard InChI is InChI=1S/C9H13N3O3/c1-5(2)7-10-9(15-11-7)12-3-6(4-12)8(13)14/h5-6H,3-4H2,1-2H3,(H,13,14). The molecule has 0 bridgehead atoms. The zero-order chi connectivity index (χ0) is 11.0. The van der Waals surface area contributed by atoms with Crippen LogP contribution in [0.25, 0.3) is 0 Å². The van der Waals surface area contributed by atoms with Crippen LogP contribution >= 0.6 is 0 Å². The van der Waals surface area contributed by atoms with Crippen LogP contribution in [0.4, 0.5) is 6.01 Å². The summed E-state index contributed by atoms with van der Waals surface area (Å²) >= 11 is 0. The maximum Gasteiger partial charge on any atom is 0.324 e. The first-order valence-corrected chi connectivity index (χ1v) is 4.89. The van der Waals surface area contributed by atoms with Crippen molar-refractivity contribution in [1.82, 2.24) is 10.1 Å². The van der Waals surface area contributed by atoms with Gasteiger partial charge in [0.2, 0.25) is 0 Å². The summed E-state index contributed by atoms with van der Waals surface area (Å²) in [5, 5.41) is 12.5. The summed E-state index contributed by atoms with van der Waals surface area (Å²) in [4.78, 5) is 16.5.